The monoisotopic (exact) mass is 359 g/mol. The molecule has 2 aromatic rings. The van der Waals surface area contributed by atoms with E-state index >= 15 is 0 Å². The Balaban J connectivity index is 2.07. The van der Waals surface area contributed by atoms with Gasteiger partial charge in [-0.15, -0.1) is 0 Å². The molecular weight excluding hydrogens is 340 g/mol. The molecule has 1 aliphatic heterocycles. The van der Waals surface area contributed by atoms with Gasteiger partial charge >= 0.3 is 0 Å². The Bertz CT molecular complexity index is 829. The fourth-order valence-electron chi connectivity index (χ4n) is 2.96. The largest absolute Gasteiger partial charge is 0.377 e. The Hall–Kier alpha value is -2.79. The SMILES string of the molecule is CCC1COCCN1c1cc(-c2cc(F)c(C#N)c(F)c2)nc(NC)n1. The Labute approximate surface area is 150 Å². The van der Waals surface area contributed by atoms with Crippen LogP contribution in [0, 0.1) is 23.0 Å². The van der Waals surface area contributed by atoms with Crippen LogP contribution in [-0.4, -0.2) is 42.8 Å². The zero-order valence-electron chi connectivity index (χ0n) is 14.6. The predicted octanol–water partition coefficient (Wildman–Crippen LogP) is 2.95. The maximum absolute atomic E-state index is 14.0. The average Bonchev–Trinajstić information content (AvgIpc) is 2.67. The van der Waals surface area contributed by atoms with Crippen molar-refractivity contribution in [3.05, 3.63) is 35.4 Å². The van der Waals surface area contributed by atoms with E-state index in [-0.39, 0.29) is 11.6 Å². The molecule has 2 heterocycles. The molecule has 0 amide bonds. The number of morpholine rings is 1. The molecule has 1 aromatic carbocycles. The summed E-state index contributed by atoms with van der Waals surface area (Å²) in [5, 5.41) is 11.7. The Morgan fingerprint density at radius 3 is 2.65 bits per heavy atom. The molecule has 26 heavy (non-hydrogen) atoms. The number of nitrogens with one attached hydrogen (secondary N) is 1. The minimum atomic E-state index is -0.911. The molecule has 3 rings (SSSR count). The summed E-state index contributed by atoms with van der Waals surface area (Å²) < 4.78 is 33.5. The molecule has 136 valence electrons. The number of hydrogen-bond donors (Lipinski definition) is 1. The van der Waals surface area contributed by atoms with Crippen LogP contribution in [0.5, 0.6) is 0 Å². The van der Waals surface area contributed by atoms with Crippen molar-refractivity contribution in [1.82, 2.24) is 9.97 Å². The van der Waals surface area contributed by atoms with Crippen LogP contribution in [0.25, 0.3) is 11.3 Å². The van der Waals surface area contributed by atoms with Crippen LogP contribution in [0.15, 0.2) is 18.2 Å². The maximum atomic E-state index is 14.0. The van der Waals surface area contributed by atoms with Crippen molar-refractivity contribution in [3.63, 3.8) is 0 Å². The Morgan fingerprint density at radius 1 is 1.31 bits per heavy atom. The van der Waals surface area contributed by atoms with Crippen LogP contribution < -0.4 is 10.2 Å². The van der Waals surface area contributed by atoms with Crippen LogP contribution in [0.3, 0.4) is 0 Å². The van der Waals surface area contributed by atoms with Gasteiger partial charge in [0, 0.05) is 25.2 Å². The first kappa shape index (κ1) is 18.0. The molecule has 6 nitrogen and oxygen atoms in total. The summed E-state index contributed by atoms with van der Waals surface area (Å²) in [6, 6.07) is 5.63. The van der Waals surface area contributed by atoms with E-state index in [1.54, 1.807) is 13.1 Å². The van der Waals surface area contributed by atoms with Crippen LogP contribution in [0.1, 0.15) is 18.9 Å². The number of rotatable bonds is 4. The van der Waals surface area contributed by atoms with E-state index in [1.807, 2.05) is 0 Å². The number of nitrogens with zero attached hydrogens (tertiary/aromatic N) is 4. The Morgan fingerprint density at radius 2 is 2.04 bits per heavy atom. The summed E-state index contributed by atoms with van der Waals surface area (Å²) >= 11 is 0. The van der Waals surface area contributed by atoms with Crippen molar-refractivity contribution in [2.75, 3.05) is 37.0 Å². The first-order valence-corrected chi connectivity index (χ1v) is 8.38. The van der Waals surface area contributed by atoms with Gasteiger partial charge in [0.05, 0.1) is 24.9 Å². The quantitative estimate of drug-likeness (QED) is 0.905. The summed E-state index contributed by atoms with van der Waals surface area (Å²) in [6.07, 6.45) is 0.883. The first-order chi connectivity index (χ1) is 12.6. The second-order valence-corrected chi connectivity index (χ2v) is 5.94. The number of ether oxygens (including phenoxy) is 1. The van der Waals surface area contributed by atoms with Gasteiger partial charge in [-0.1, -0.05) is 6.92 Å². The lowest BCUT2D eigenvalue weighted by molar-refractivity contribution is 0.0926. The number of halogens is 2. The van der Waals surface area contributed by atoms with Crippen molar-refractivity contribution in [2.24, 2.45) is 0 Å². The predicted molar refractivity (Wildman–Crippen MR) is 93.9 cm³/mol. The van der Waals surface area contributed by atoms with E-state index in [0.29, 0.717) is 37.2 Å². The van der Waals surface area contributed by atoms with E-state index in [1.165, 1.54) is 6.07 Å². The highest BCUT2D eigenvalue weighted by molar-refractivity contribution is 5.66. The summed E-state index contributed by atoms with van der Waals surface area (Å²) in [7, 11) is 1.68. The molecule has 1 N–H and O–H groups in total. The topological polar surface area (TPSA) is 74.1 Å². The summed E-state index contributed by atoms with van der Waals surface area (Å²) in [4.78, 5) is 10.9. The van der Waals surface area contributed by atoms with Crippen molar-refractivity contribution in [3.8, 4) is 17.3 Å². The molecule has 1 unspecified atom stereocenters. The lowest BCUT2D eigenvalue weighted by Gasteiger charge is -2.36. The van der Waals surface area contributed by atoms with Crippen LogP contribution in [0.2, 0.25) is 0 Å². The molecule has 0 aliphatic carbocycles. The third-order valence-electron chi connectivity index (χ3n) is 4.38. The van der Waals surface area contributed by atoms with Gasteiger partial charge in [0.15, 0.2) is 0 Å². The van der Waals surface area contributed by atoms with Gasteiger partial charge in [-0.25, -0.2) is 13.8 Å². The maximum Gasteiger partial charge on any atom is 0.224 e. The van der Waals surface area contributed by atoms with Gasteiger partial charge in [-0.05, 0) is 18.6 Å². The van der Waals surface area contributed by atoms with Crippen LogP contribution in [-0.2, 0) is 4.74 Å². The number of benzene rings is 1. The summed E-state index contributed by atoms with van der Waals surface area (Å²) in [6.45, 7) is 3.93. The molecule has 0 radical (unpaired) electrons. The third-order valence-corrected chi connectivity index (χ3v) is 4.38. The smallest absolute Gasteiger partial charge is 0.224 e. The van der Waals surface area contributed by atoms with Crippen molar-refractivity contribution >= 4 is 11.8 Å². The lowest BCUT2D eigenvalue weighted by atomic mass is 10.1. The van der Waals surface area contributed by atoms with Gasteiger partial charge in [-0.2, -0.15) is 10.2 Å². The molecule has 1 aliphatic rings. The highest BCUT2D eigenvalue weighted by Gasteiger charge is 2.24. The normalized spacial score (nSPS) is 17.0. The van der Waals surface area contributed by atoms with Crippen molar-refractivity contribution in [1.29, 1.82) is 5.26 Å². The molecule has 1 saturated heterocycles. The highest BCUT2D eigenvalue weighted by Crippen LogP contribution is 2.28. The lowest BCUT2D eigenvalue weighted by Crippen LogP contribution is -2.45. The Kier molecular flexibility index (Phi) is 5.28. The molecule has 8 heteroatoms. The van der Waals surface area contributed by atoms with E-state index < -0.39 is 17.2 Å². The first-order valence-electron chi connectivity index (χ1n) is 8.38. The average molecular weight is 359 g/mol. The molecule has 0 saturated carbocycles. The molecule has 1 atom stereocenters. The van der Waals surface area contributed by atoms with Crippen molar-refractivity contribution in [2.45, 2.75) is 19.4 Å². The number of hydrogen-bond acceptors (Lipinski definition) is 6. The molecule has 1 fully saturated rings. The molecule has 0 spiro atoms. The number of aromatic nitrogens is 2. The zero-order chi connectivity index (χ0) is 18.7. The minimum absolute atomic E-state index is 0.172. The fourth-order valence-corrected chi connectivity index (χ4v) is 2.96. The van der Waals surface area contributed by atoms with E-state index in [4.69, 9.17) is 10.00 Å². The molecule has 1 aromatic heterocycles. The minimum Gasteiger partial charge on any atom is -0.377 e. The van der Waals surface area contributed by atoms with E-state index in [9.17, 15) is 8.78 Å². The van der Waals surface area contributed by atoms with Gasteiger partial charge < -0.3 is 15.0 Å². The zero-order valence-corrected chi connectivity index (χ0v) is 14.6. The van der Waals surface area contributed by atoms with Crippen LogP contribution >= 0.6 is 0 Å². The second kappa shape index (κ2) is 7.62. The number of nitriles is 1. The van der Waals surface area contributed by atoms with Gasteiger partial charge in [0.25, 0.3) is 0 Å². The van der Waals surface area contributed by atoms with Gasteiger partial charge in [0.1, 0.15) is 29.1 Å². The third kappa shape index (κ3) is 3.44. The molecule has 0 bridgehead atoms. The van der Waals surface area contributed by atoms with Crippen LogP contribution in [0.4, 0.5) is 20.5 Å². The van der Waals surface area contributed by atoms with Crippen molar-refractivity contribution < 1.29 is 13.5 Å². The second-order valence-electron chi connectivity index (χ2n) is 5.94. The fraction of sp³-hybridized carbons (Fsp3) is 0.389. The summed E-state index contributed by atoms with van der Waals surface area (Å²) in [5.74, 6) is -0.804. The number of anilines is 2. The van der Waals surface area contributed by atoms with E-state index in [0.717, 1.165) is 18.6 Å². The van der Waals surface area contributed by atoms with Gasteiger partial charge in [0.2, 0.25) is 5.95 Å². The highest BCUT2D eigenvalue weighted by atomic mass is 19.1. The molecular formula is C18H19F2N5O. The van der Waals surface area contributed by atoms with Gasteiger partial charge in [-0.3, -0.25) is 0 Å². The van der Waals surface area contributed by atoms with E-state index in [2.05, 4.69) is 27.1 Å². The standard InChI is InChI=1S/C18H19F2N5O/c1-3-12-10-26-5-4-25(12)17-8-16(23-18(22-2)24-17)11-6-14(19)13(9-21)15(20)7-11/h6-8,12H,3-5,10H2,1-2H3,(H,22,23,24). The summed E-state index contributed by atoms with van der Waals surface area (Å²) in [5.41, 5.74) is 0.0274.